The molecule has 1 rings (SSSR count). The first kappa shape index (κ1) is 11.5. The van der Waals surface area contributed by atoms with Gasteiger partial charge in [0.2, 0.25) is 5.91 Å². The van der Waals surface area contributed by atoms with Gasteiger partial charge in [0.05, 0.1) is 11.7 Å². The number of morpholine rings is 1. The molecule has 1 atom stereocenters. The number of nitrogens with zero attached hydrogens (tertiary/aromatic N) is 1. The second-order valence-corrected chi connectivity index (χ2v) is 4.71. The number of ether oxygens (including phenoxy) is 1. The number of hydrogen-bond donors (Lipinski definition) is 0. The summed E-state index contributed by atoms with van der Waals surface area (Å²) in [7, 11) is 0. The monoisotopic (exact) mass is 199 g/mol. The first-order chi connectivity index (χ1) is 6.44. The largest absolute Gasteiger partial charge is 0.369 e. The highest BCUT2D eigenvalue weighted by Crippen LogP contribution is 2.21. The third-order valence-corrected chi connectivity index (χ3v) is 2.39. The predicted molar refractivity (Wildman–Crippen MR) is 56.1 cm³/mol. The van der Waals surface area contributed by atoms with Crippen LogP contribution in [-0.2, 0) is 9.53 Å². The number of carbonyl (C=O) groups excluding carboxylic acids is 1. The minimum absolute atomic E-state index is 0.152. The molecular formula is C11H21NO2. The normalized spacial score (nSPS) is 26.3. The van der Waals surface area contributed by atoms with Crippen molar-refractivity contribution in [3.63, 3.8) is 0 Å². The lowest BCUT2D eigenvalue weighted by atomic mass is 10.1. The van der Waals surface area contributed by atoms with Gasteiger partial charge in [-0.1, -0.05) is 6.92 Å². The van der Waals surface area contributed by atoms with Crippen LogP contribution < -0.4 is 0 Å². The molecule has 14 heavy (non-hydrogen) atoms. The van der Waals surface area contributed by atoms with Gasteiger partial charge in [0, 0.05) is 19.5 Å². The maximum atomic E-state index is 11.7. The molecule has 1 saturated heterocycles. The van der Waals surface area contributed by atoms with Crippen molar-refractivity contribution in [1.82, 2.24) is 4.90 Å². The van der Waals surface area contributed by atoms with E-state index in [9.17, 15) is 4.79 Å². The molecule has 0 aromatic heterocycles. The molecule has 0 saturated carbocycles. The van der Waals surface area contributed by atoms with Crippen molar-refractivity contribution in [3.8, 4) is 0 Å². The van der Waals surface area contributed by atoms with E-state index in [0.29, 0.717) is 6.42 Å². The molecule has 1 aliphatic rings. The van der Waals surface area contributed by atoms with Crippen LogP contribution in [0.2, 0.25) is 0 Å². The van der Waals surface area contributed by atoms with Crippen molar-refractivity contribution in [2.75, 3.05) is 13.1 Å². The Morgan fingerprint density at radius 1 is 1.57 bits per heavy atom. The summed E-state index contributed by atoms with van der Waals surface area (Å²) in [6, 6.07) is 0. The average molecular weight is 199 g/mol. The van der Waals surface area contributed by atoms with E-state index < -0.39 is 0 Å². The lowest BCUT2D eigenvalue weighted by Crippen LogP contribution is -2.53. The maximum absolute atomic E-state index is 11.7. The van der Waals surface area contributed by atoms with Crippen molar-refractivity contribution in [2.45, 2.75) is 52.2 Å². The Morgan fingerprint density at radius 3 is 2.71 bits per heavy atom. The molecule has 0 aliphatic carbocycles. The Labute approximate surface area is 86.4 Å². The predicted octanol–water partition coefficient (Wildman–Crippen LogP) is 1.81. The van der Waals surface area contributed by atoms with Crippen LogP contribution in [0.25, 0.3) is 0 Å². The molecule has 0 radical (unpaired) electrons. The van der Waals surface area contributed by atoms with Crippen molar-refractivity contribution in [1.29, 1.82) is 0 Å². The Morgan fingerprint density at radius 2 is 2.21 bits per heavy atom. The summed E-state index contributed by atoms with van der Waals surface area (Å²) in [6.45, 7) is 9.59. The fraction of sp³-hybridized carbons (Fsp3) is 0.909. The Balaban J connectivity index is 2.57. The van der Waals surface area contributed by atoms with Gasteiger partial charge >= 0.3 is 0 Å². The van der Waals surface area contributed by atoms with E-state index in [1.54, 1.807) is 0 Å². The van der Waals surface area contributed by atoms with Gasteiger partial charge in [-0.3, -0.25) is 4.79 Å². The SMILES string of the molecule is CCCC(=O)N1CC(C)OC(C)(C)C1. The van der Waals surface area contributed by atoms with E-state index in [4.69, 9.17) is 4.74 Å². The minimum atomic E-state index is -0.193. The molecule has 1 aliphatic heterocycles. The Kier molecular flexibility index (Phi) is 3.53. The molecule has 3 nitrogen and oxygen atoms in total. The molecule has 0 N–H and O–H groups in total. The van der Waals surface area contributed by atoms with Gasteiger partial charge in [0.15, 0.2) is 0 Å². The summed E-state index contributed by atoms with van der Waals surface area (Å²) in [6.07, 6.45) is 1.73. The summed E-state index contributed by atoms with van der Waals surface area (Å²) in [5, 5.41) is 0. The summed E-state index contributed by atoms with van der Waals surface area (Å²) in [5.74, 6) is 0.260. The van der Waals surface area contributed by atoms with Gasteiger partial charge in [-0.15, -0.1) is 0 Å². The van der Waals surface area contributed by atoms with E-state index in [2.05, 4.69) is 0 Å². The molecule has 0 bridgehead atoms. The van der Waals surface area contributed by atoms with Crippen LogP contribution in [0.3, 0.4) is 0 Å². The fourth-order valence-corrected chi connectivity index (χ4v) is 2.02. The molecule has 0 spiro atoms. The second kappa shape index (κ2) is 4.30. The van der Waals surface area contributed by atoms with Gasteiger partial charge in [0.1, 0.15) is 0 Å². The zero-order chi connectivity index (χ0) is 10.8. The number of carbonyl (C=O) groups is 1. The molecule has 1 unspecified atom stereocenters. The van der Waals surface area contributed by atoms with Crippen LogP contribution in [0, 0.1) is 0 Å². The molecule has 3 heteroatoms. The molecular weight excluding hydrogens is 178 g/mol. The lowest BCUT2D eigenvalue weighted by molar-refractivity contribution is -0.158. The minimum Gasteiger partial charge on any atom is -0.369 e. The number of hydrogen-bond acceptors (Lipinski definition) is 2. The summed E-state index contributed by atoms with van der Waals surface area (Å²) >= 11 is 0. The van der Waals surface area contributed by atoms with Gasteiger partial charge in [-0.05, 0) is 27.2 Å². The van der Waals surface area contributed by atoms with Crippen LogP contribution in [-0.4, -0.2) is 35.6 Å². The van der Waals surface area contributed by atoms with E-state index in [0.717, 1.165) is 19.5 Å². The van der Waals surface area contributed by atoms with E-state index in [1.807, 2.05) is 32.6 Å². The van der Waals surface area contributed by atoms with Gasteiger partial charge < -0.3 is 9.64 Å². The second-order valence-electron chi connectivity index (χ2n) is 4.71. The van der Waals surface area contributed by atoms with Crippen LogP contribution in [0.15, 0.2) is 0 Å². The topological polar surface area (TPSA) is 29.5 Å². The Hall–Kier alpha value is -0.570. The van der Waals surface area contributed by atoms with Gasteiger partial charge in [0.25, 0.3) is 0 Å². The van der Waals surface area contributed by atoms with E-state index >= 15 is 0 Å². The highest BCUT2D eigenvalue weighted by atomic mass is 16.5. The van der Waals surface area contributed by atoms with Gasteiger partial charge in [-0.2, -0.15) is 0 Å². The summed E-state index contributed by atoms with van der Waals surface area (Å²) < 4.78 is 5.74. The van der Waals surface area contributed by atoms with Gasteiger partial charge in [-0.25, -0.2) is 0 Å². The number of amides is 1. The zero-order valence-electron chi connectivity index (χ0n) is 9.67. The molecule has 1 fully saturated rings. The summed E-state index contributed by atoms with van der Waals surface area (Å²) in [4.78, 5) is 13.6. The Bertz CT molecular complexity index is 213. The molecule has 1 amide bonds. The highest BCUT2D eigenvalue weighted by molar-refractivity contribution is 5.76. The lowest BCUT2D eigenvalue weighted by Gasteiger charge is -2.41. The standard InChI is InChI=1S/C11H21NO2/c1-5-6-10(13)12-7-9(2)14-11(3,4)8-12/h9H,5-8H2,1-4H3. The quantitative estimate of drug-likeness (QED) is 0.679. The maximum Gasteiger partial charge on any atom is 0.222 e. The smallest absolute Gasteiger partial charge is 0.222 e. The van der Waals surface area contributed by atoms with Crippen LogP contribution in [0.1, 0.15) is 40.5 Å². The molecule has 82 valence electrons. The van der Waals surface area contributed by atoms with Crippen molar-refractivity contribution in [3.05, 3.63) is 0 Å². The molecule has 0 aromatic carbocycles. The third kappa shape index (κ3) is 2.98. The van der Waals surface area contributed by atoms with Crippen LogP contribution in [0.4, 0.5) is 0 Å². The van der Waals surface area contributed by atoms with Crippen LogP contribution in [0.5, 0.6) is 0 Å². The third-order valence-electron chi connectivity index (χ3n) is 2.39. The zero-order valence-corrected chi connectivity index (χ0v) is 9.67. The average Bonchev–Trinajstić information content (AvgIpc) is 2.00. The van der Waals surface area contributed by atoms with Crippen molar-refractivity contribution >= 4 is 5.91 Å². The highest BCUT2D eigenvalue weighted by Gasteiger charge is 2.33. The first-order valence-corrected chi connectivity index (χ1v) is 5.40. The molecule has 1 heterocycles. The van der Waals surface area contributed by atoms with Crippen molar-refractivity contribution < 1.29 is 9.53 Å². The van der Waals surface area contributed by atoms with Crippen LogP contribution >= 0.6 is 0 Å². The first-order valence-electron chi connectivity index (χ1n) is 5.40. The summed E-state index contributed by atoms with van der Waals surface area (Å²) in [5.41, 5.74) is -0.193. The van der Waals surface area contributed by atoms with E-state index in [1.165, 1.54) is 0 Å². The number of rotatable bonds is 2. The fourth-order valence-electron chi connectivity index (χ4n) is 2.02. The molecule has 0 aromatic rings. The van der Waals surface area contributed by atoms with Crippen molar-refractivity contribution in [2.24, 2.45) is 0 Å². The van der Waals surface area contributed by atoms with E-state index in [-0.39, 0.29) is 17.6 Å².